The molecule has 0 amide bonds. The lowest BCUT2D eigenvalue weighted by Crippen LogP contribution is -2.20. The molecule has 0 saturated heterocycles. The molecule has 1 aromatic carbocycles. The van der Waals surface area contributed by atoms with Gasteiger partial charge >= 0.3 is 0 Å². The Morgan fingerprint density at radius 2 is 1.87 bits per heavy atom. The number of rotatable bonds is 4. The maximum Gasteiger partial charge on any atom is 0.122 e. The lowest BCUT2D eigenvalue weighted by atomic mass is 10.0. The van der Waals surface area contributed by atoms with E-state index in [0.29, 0.717) is 5.92 Å². The van der Waals surface area contributed by atoms with Crippen LogP contribution in [0.1, 0.15) is 38.3 Å². The molecule has 0 spiro atoms. The van der Waals surface area contributed by atoms with E-state index in [9.17, 15) is 0 Å². The number of hydrogen-bond acceptors (Lipinski definition) is 1. The van der Waals surface area contributed by atoms with Gasteiger partial charge in [-0.25, -0.2) is 0 Å². The Labute approximate surface area is 93.5 Å². The van der Waals surface area contributed by atoms with Crippen LogP contribution in [0.25, 0.3) is 0 Å². The molecule has 0 radical (unpaired) electrons. The summed E-state index contributed by atoms with van der Waals surface area (Å²) in [5, 5.41) is 0. The molecule has 1 nitrogen and oxygen atoms in total. The average Bonchev–Trinajstić information content (AvgIpc) is 2.20. The summed E-state index contributed by atoms with van der Waals surface area (Å²) in [6.07, 6.45) is 1.45. The van der Waals surface area contributed by atoms with Gasteiger partial charge in [0.05, 0.1) is 6.10 Å². The lowest BCUT2D eigenvalue weighted by Gasteiger charge is -2.21. The minimum absolute atomic E-state index is 0.288. The molecule has 2 unspecified atom stereocenters. The van der Waals surface area contributed by atoms with Crippen molar-refractivity contribution >= 4 is 0 Å². The minimum atomic E-state index is 0.288. The van der Waals surface area contributed by atoms with E-state index < -0.39 is 0 Å². The van der Waals surface area contributed by atoms with Crippen LogP contribution in [0.2, 0.25) is 0 Å². The Balaban J connectivity index is 2.72. The zero-order valence-electron chi connectivity index (χ0n) is 10.5. The van der Waals surface area contributed by atoms with Gasteiger partial charge < -0.3 is 4.74 Å². The van der Waals surface area contributed by atoms with Crippen LogP contribution in [0.5, 0.6) is 5.75 Å². The molecule has 84 valence electrons. The fourth-order valence-electron chi connectivity index (χ4n) is 1.58. The van der Waals surface area contributed by atoms with Gasteiger partial charge in [-0.05, 0) is 38.3 Å². The molecule has 0 saturated carbocycles. The highest BCUT2D eigenvalue weighted by Crippen LogP contribution is 2.22. The molecule has 2 atom stereocenters. The highest BCUT2D eigenvalue weighted by molar-refractivity contribution is 5.35. The SMILES string of the molecule is CCC(C)C(C)Oc1ccc(C)cc1C. The lowest BCUT2D eigenvalue weighted by molar-refractivity contribution is 0.157. The molecular weight excluding hydrogens is 184 g/mol. The Kier molecular flexibility index (Phi) is 4.19. The van der Waals surface area contributed by atoms with Crippen molar-refractivity contribution in [3.8, 4) is 5.75 Å². The normalized spacial score (nSPS) is 14.7. The smallest absolute Gasteiger partial charge is 0.122 e. The van der Waals surface area contributed by atoms with Gasteiger partial charge in [-0.1, -0.05) is 38.0 Å². The van der Waals surface area contributed by atoms with E-state index in [1.807, 2.05) is 0 Å². The number of benzene rings is 1. The van der Waals surface area contributed by atoms with Crippen LogP contribution in [0.15, 0.2) is 18.2 Å². The summed E-state index contributed by atoms with van der Waals surface area (Å²) in [5.41, 5.74) is 2.51. The first-order valence-electron chi connectivity index (χ1n) is 5.78. The van der Waals surface area contributed by atoms with Crippen LogP contribution < -0.4 is 4.74 Å². The maximum absolute atomic E-state index is 5.95. The average molecular weight is 206 g/mol. The summed E-state index contributed by atoms with van der Waals surface area (Å²) in [6, 6.07) is 6.34. The predicted molar refractivity (Wildman–Crippen MR) is 65.5 cm³/mol. The molecule has 1 heteroatoms. The number of ether oxygens (including phenoxy) is 1. The summed E-state index contributed by atoms with van der Waals surface area (Å²) in [4.78, 5) is 0. The van der Waals surface area contributed by atoms with Gasteiger partial charge in [0.1, 0.15) is 5.75 Å². The quantitative estimate of drug-likeness (QED) is 0.720. The Morgan fingerprint density at radius 1 is 1.20 bits per heavy atom. The first kappa shape index (κ1) is 12.1. The van der Waals surface area contributed by atoms with Gasteiger partial charge in [0, 0.05) is 0 Å². The third kappa shape index (κ3) is 3.26. The summed E-state index contributed by atoms with van der Waals surface area (Å²) < 4.78 is 5.95. The summed E-state index contributed by atoms with van der Waals surface area (Å²) in [6.45, 7) is 10.8. The molecule has 0 N–H and O–H groups in total. The van der Waals surface area contributed by atoms with Crippen molar-refractivity contribution in [2.24, 2.45) is 5.92 Å². The van der Waals surface area contributed by atoms with Crippen molar-refractivity contribution in [1.82, 2.24) is 0 Å². The van der Waals surface area contributed by atoms with Crippen LogP contribution in [0.3, 0.4) is 0 Å². The minimum Gasteiger partial charge on any atom is -0.490 e. The van der Waals surface area contributed by atoms with E-state index in [4.69, 9.17) is 4.74 Å². The van der Waals surface area contributed by atoms with Gasteiger partial charge in [-0.2, -0.15) is 0 Å². The van der Waals surface area contributed by atoms with Crippen LogP contribution in [-0.4, -0.2) is 6.10 Å². The molecule has 0 aliphatic heterocycles. The van der Waals surface area contributed by atoms with E-state index in [1.165, 1.54) is 11.1 Å². The standard InChI is InChI=1S/C14H22O/c1-6-11(3)13(5)15-14-8-7-10(2)9-12(14)4/h7-9,11,13H,6H2,1-5H3. The van der Waals surface area contributed by atoms with E-state index in [2.05, 4.69) is 52.8 Å². The van der Waals surface area contributed by atoms with Crippen molar-refractivity contribution in [3.63, 3.8) is 0 Å². The van der Waals surface area contributed by atoms with Gasteiger partial charge in [0.2, 0.25) is 0 Å². The van der Waals surface area contributed by atoms with Crippen LogP contribution in [0.4, 0.5) is 0 Å². The van der Waals surface area contributed by atoms with Crippen molar-refractivity contribution < 1.29 is 4.74 Å². The van der Waals surface area contributed by atoms with Crippen molar-refractivity contribution in [1.29, 1.82) is 0 Å². The highest BCUT2D eigenvalue weighted by Gasteiger charge is 2.12. The molecule has 1 aromatic rings. The molecule has 0 aliphatic carbocycles. The van der Waals surface area contributed by atoms with E-state index in [-0.39, 0.29) is 6.10 Å². The van der Waals surface area contributed by atoms with Crippen molar-refractivity contribution in [2.45, 2.75) is 47.1 Å². The highest BCUT2D eigenvalue weighted by atomic mass is 16.5. The van der Waals surface area contributed by atoms with Crippen LogP contribution in [-0.2, 0) is 0 Å². The summed E-state index contributed by atoms with van der Waals surface area (Å²) in [7, 11) is 0. The Morgan fingerprint density at radius 3 is 2.40 bits per heavy atom. The Bertz CT molecular complexity index is 317. The second-order valence-electron chi connectivity index (χ2n) is 4.48. The van der Waals surface area contributed by atoms with Gasteiger partial charge in [-0.3, -0.25) is 0 Å². The van der Waals surface area contributed by atoms with Gasteiger partial charge in [0.15, 0.2) is 0 Å². The third-order valence-electron chi connectivity index (χ3n) is 3.09. The third-order valence-corrected chi connectivity index (χ3v) is 3.09. The topological polar surface area (TPSA) is 9.23 Å². The van der Waals surface area contributed by atoms with E-state index in [1.54, 1.807) is 0 Å². The van der Waals surface area contributed by atoms with E-state index in [0.717, 1.165) is 12.2 Å². The molecule has 0 aromatic heterocycles. The van der Waals surface area contributed by atoms with Crippen molar-refractivity contribution in [3.05, 3.63) is 29.3 Å². The summed E-state index contributed by atoms with van der Waals surface area (Å²) in [5.74, 6) is 1.62. The maximum atomic E-state index is 5.95. The molecule has 0 heterocycles. The number of hydrogen-bond donors (Lipinski definition) is 0. The molecule has 1 rings (SSSR count). The van der Waals surface area contributed by atoms with Gasteiger partial charge in [0.25, 0.3) is 0 Å². The van der Waals surface area contributed by atoms with Gasteiger partial charge in [-0.15, -0.1) is 0 Å². The van der Waals surface area contributed by atoms with Crippen molar-refractivity contribution in [2.75, 3.05) is 0 Å². The van der Waals surface area contributed by atoms with Crippen LogP contribution in [0, 0.1) is 19.8 Å². The first-order chi connectivity index (χ1) is 7.04. The molecule has 0 bridgehead atoms. The fraction of sp³-hybridized carbons (Fsp3) is 0.571. The molecule has 0 aliphatic rings. The molecule has 0 fully saturated rings. The molecule has 15 heavy (non-hydrogen) atoms. The second-order valence-corrected chi connectivity index (χ2v) is 4.48. The predicted octanol–water partition coefficient (Wildman–Crippen LogP) is 4.12. The zero-order valence-corrected chi connectivity index (χ0v) is 10.5. The first-order valence-corrected chi connectivity index (χ1v) is 5.78. The zero-order chi connectivity index (χ0) is 11.4. The van der Waals surface area contributed by atoms with E-state index >= 15 is 0 Å². The second kappa shape index (κ2) is 5.20. The largest absolute Gasteiger partial charge is 0.490 e. The number of aryl methyl sites for hydroxylation is 2. The molecular formula is C14H22O. The Hall–Kier alpha value is -0.980. The monoisotopic (exact) mass is 206 g/mol. The van der Waals surface area contributed by atoms with Crippen LogP contribution >= 0.6 is 0 Å². The fourth-order valence-corrected chi connectivity index (χ4v) is 1.58. The summed E-state index contributed by atoms with van der Waals surface area (Å²) >= 11 is 0.